The van der Waals surface area contributed by atoms with Gasteiger partial charge in [0, 0.05) is 13.8 Å². The molecular weight excluding hydrogens is 200 g/mol. The number of hydrogen-bond donors (Lipinski definition) is 1. The summed E-state index contributed by atoms with van der Waals surface area (Å²) in [6, 6.07) is 0. The maximum atomic E-state index is 11.5. The van der Waals surface area contributed by atoms with E-state index in [-0.39, 0.29) is 5.92 Å². The van der Waals surface area contributed by atoms with E-state index in [1.807, 2.05) is 0 Å². The molecule has 0 bridgehead atoms. The first-order valence-electron chi connectivity index (χ1n) is 5.04. The molecular formula is C10H14O5. The van der Waals surface area contributed by atoms with Gasteiger partial charge in [0.05, 0.1) is 6.10 Å². The Hall–Kier alpha value is -1.10. The molecule has 1 N–H and O–H groups in total. The van der Waals surface area contributed by atoms with E-state index in [9.17, 15) is 14.7 Å². The van der Waals surface area contributed by atoms with Gasteiger partial charge in [-0.3, -0.25) is 9.59 Å². The molecule has 0 radical (unpaired) electrons. The second-order valence-electron chi connectivity index (χ2n) is 4.55. The van der Waals surface area contributed by atoms with Crippen LogP contribution in [0.5, 0.6) is 0 Å². The van der Waals surface area contributed by atoms with E-state index in [1.165, 1.54) is 13.8 Å². The number of esters is 2. The maximum Gasteiger partial charge on any atom is 0.326 e. The van der Waals surface area contributed by atoms with E-state index in [1.54, 1.807) is 0 Å². The van der Waals surface area contributed by atoms with Crippen LogP contribution in [-0.4, -0.2) is 28.9 Å². The normalized spacial score (nSPS) is 28.2. The first-order valence-corrected chi connectivity index (χ1v) is 5.04. The minimum absolute atomic E-state index is 0.0383. The zero-order valence-electron chi connectivity index (χ0n) is 8.73. The van der Waals surface area contributed by atoms with Gasteiger partial charge >= 0.3 is 11.9 Å². The van der Waals surface area contributed by atoms with Crippen molar-refractivity contribution in [3.63, 3.8) is 0 Å². The Kier molecular flexibility index (Phi) is 2.22. The molecule has 0 spiro atoms. The molecule has 0 aromatic heterocycles. The molecule has 1 saturated carbocycles. The molecule has 1 atom stereocenters. The Morgan fingerprint density at radius 2 is 1.73 bits per heavy atom. The average molecular weight is 214 g/mol. The summed E-state index contributed by atoms with van der Waals surface area (Å²) in [7, 11) is 0. The van der Waals surface area contributed by atoms with Crippen LogP contribution in [0.1, 0.15) is 26.7 Å². The molecule has 15 heavy (non-hydrogen) atoms. The summed E-state index contributed by atoms with van der Waals surface area (Å²) in [6.45, 7) is 2.98. The highest BCUT2D eigenvalue weighted by Crippen LogP contribution is 2.38. The van der Waals surface area contributed by atoms with Gasteiger partial charge in [-0.15, -0.1) is 0 Å². The predicted molar refractivity (Wildman–Crippen MR) is 48.5 cm³/mol. The summed E-state index contributed by atoms with van der Waals surface area (Å²) in [5.41, 5.74) is 0. The Labute approximate surface area is 87.4 Å². The molecule has 5 heteroatoms. The van der Waals surface area contributed by atoms with Crippen molar-refractivity contribution >= 4 is 11.9 Å². The zero-order chi connectivity index (χ0) is 11.2. The van der Waals surface area contributed by atoms with E-state index in [4.69, 9.17) is 9.47 Å². The summed E-state index contributed by atoms with van der Waals surface area (Å²) < 4.78 is 9.83. The van der Waals surface area contributed by atoms with Gasteiger partial charge in [0.25, 0.3) is 5.79 Å². The number of cyclic esters (lactones) is 2. The molecule has 1 aliphatic carbocycles. The van der Waals surface area contributed by atoms with Gasteiger partial charge < -0.3 is 14.6 Å². The van der Waals surface area contributed by atoms with Crippen LogP contribution in [0.15, 0.2) is 0 Å². The average Bonchev–Trinajstić information content (AvgIpc) is 2.80. The summed E-state index contributed by atoms with van der Waals surface area (Å²) in [4.78, 5) is 23.0. The van der Waals surface area contributed by atoms with Gasteiger partial charge in [0.15, 0.2) is 5.92 Å². The van der Waals surface area contributed by atoms with E-state index in [2.05, 4.69) is 0 Å². The van der Waals surface area contributed by atoms with E-state index in [0.717, 1.165) is 12.8 Å². The highest BCUT2D eigenvalue weighted by atomic mass is 16.7. The largest absolute Gasteiger partial charge is 0.422 e. The van der Waals surface area contributed by atoms with Crippen LogP contribution >= 0.6 is 0 Å². The predicted octanol–water partition coefficient (Wildman–Crippen LogP) is 0.210. The lowest BCUT2D eigenvalue weighted by Gasteiger charge is -2.34. The number of aliphatic hydroxyl groups is 1. The molecule has 1 aliphatic heterocycles. The fraction of sp³-hybridized carbons (Fsp3) is 0.800. The number of ether oxygens (including phenoxy) is 2. The molecule has 2 fully saturated rings. The lowest BCUT2D eigenvalue weighted by atomic mass is 9.97. The summed E-state index contributed by atoms with van der Waals surface area (Å²) in [5, 5.41) is 9.72. The summed E-state index contributed by atoms with van der Waals surface area (Å²) in [5.74, 6) is -3.71. The molecule has 84 valence electrons. The zero-order valence-corrected chi connectivity index (χ0v) is 8.73. The van der Waals surface area contributed by atoms with Gasteiger partial charge in [-0.25, -0.2) is 0 Å². The lowest BCUT2D eigenvalue weighted by molar-refractivity contribution is -0.245. The second-order valence-corrected chi connectivity index (χ2v) is 4.55. The third-order valence-electron chi connectivity index (χ3n) is 2.65. The fourth-order valence-corrected chi connectivity index (χ4v) is 1.72. The van der Waals surface area contributed by atoms with Crippen LogP contribution in [0.25, 0.3) is 0 Å². The lowest BCUT2D eigenvalue weighted by Crippen LogP contribution is -2.50. The summed E-state index contributed by atoms with van der Waals surface area (Å²) in [6.07, 6.45) is 0.740. The SMILES string of the molecule is CC1(C)OC(=O)C(C(O)C2CC2)C(=O)O1. The molecule has 1 saturated heterocycles. The van der Waals surface area contributed by atoms with E-state index < -0.39 is 29.7 Å². The molecule has 2 rings (SSSR count). The van der Waals surface area contributed by atoms with Crippen molar-refractivity contribution in [3.05, 3.63) is 0 Å². The molecule has 0 aromatic carbocycles. The smallest absolute Gasteiger partial charge is 0.326 e. The van der Waals surface area contributed by atoms with Gasteiger partial charge in [0.2, 0.25) is 0 Å². The molecule has 1 unspecified atom stereocenters. The molecule has 1 heterocycles. The standard InChI is InChI=1S/C10H14O5/c1-10(2)14-8(12)6(9(13)15-10)7(11)5-3-4-5/h5-7,11H,3-4H2,1-2H3. The van der Waals surface area contributed by atoms with E-state index in [0.29, 0.717) is 0 Å². The monoisotopic (exact) mass is 214 g/mol. The van der Waals surface area contributed by atoms with Crippen molar-refractivity contribution in [1.29, 1.82) is 0 Å². The minimum atomic E-state index is -1.21. The van der Waals surface area contributed by atoms with Crippen molar-refractivity contribution in [2.45, 2.75) is 38.6 Å². The highest BCUT2D eigenvalue weighted by molar-refractivity contribution is 5.97. The number of rotatable bonds is 2. The fourth-order valence-electron chi connectivity index (χ4n) is 1.72. The third-order valence-corrected chi connectivity index (χ3v) is 2.65. The van der Waals surface area contributed by atoms with Crippen LogP contribution < -0.4 is 0 Å². The van der Waals surface area contributed by atoms with Crippen LogP contribution in [0.3, 0.4) is 0 Å². The third kappa shape index (κ3) is 1.97. The second kappa shape index (κ2) is 3.20. The van der Waals surface area contributed by atoms with Gasteiger partial charge in [-0.1, -0.05) is 0 Å². The number of carbonyl (C=O) groups excluding carboxylic acids is 2. The van der Waals surface area contributed by atoms with E-state index >= 15 is 0 Å². The van der Waals surface area contributed by atoms with Gasteiger partial charge in [-0.05, 0) is 18.8 Å². The molecule has 0 aromatic rings. The van der Waals surface area contributed by atoms with Crippen LogP contribution in [0.4, 0.5) is 0 Å². The first-order chi connectivity index (χ1) is 6.91. The maximum absolute atomic E-state index is 11.5. The molecule has 0 amide bonds. The Morgan fingerprint density at radius 1 is 1.27 bits per heavy atom. The summed E-state index contributed by atoms with van der Waals surface area (Å²) >= 11 is 0. The van der Waals surface area contributed by atoms with Gasteiger partial charge in [0.1, 0.15) is 0 Å². The Bertz CT molecular complexity index is 285. The van der Waals surface area contributed by atoms with Crippen LogP contribution in [0.2, 0.25) is 0 Å². The molecule has 2 aliphatic rings. The van der Waals surface area contributed by atoms with Crippen molar-refractivity contribution in [2.75, 3.05) is 0 Å². The number of carbonyl (C=O) groups is 2. The van der Waals surface area contributed by atoms with Crippen molar-refractivity contribution in [3.8, 4) is 0 Å². The number of hydrogen-bond acceptors (Lipinski definition) is 5. The topological polar surface area (TPSA) is 72.8 Å². The Balaban J connectivity index is 2.12. The molecule has 5 nitrogen and oxygen atoms in total. The van der Waals surface area contributed by atoms with Crippen molar-refractivity contribution < 1.29 is 24.2 Å². The number of aliphatic hydroxyl groups excluding tert-OH is 1. The quantitative estimate of drug-likeness (QED) is 0.525. The first kappa shape index (κ1) is 10.4. The minimum Gasteiger partial charge on any atom is -0.422 e. The Morgan fingerprint density at radius 3 is 2.13 bits per heavy atom. The highest BCUT2D eigenvalue weighted by Gasteiger charge is 2.50. The van der Waals surface area contributed by atoms with Crippen molar-refractivity contribution in [1.82, 2.24) is 0 Å². The van der Waals surface area contributed by atoms with Crippen LogP contribution in [-0.2, 0) is 19.1 Å². The van der Waals surface area contributed by atoms with Gasteiger partial charge in [-0.2, -0.15) is 0 Å². The van der Waals surface area contributed by atoms with Crippen molar-refractivity contribution in [2.24, 2.45) is 11.8 Å². The van der Waals surface area contributed by atoms with Crippen LogP contribution in [0, 0.1) is 11.8 Å².